The summed E-state index contributed by atoms with van der Waals surface area (Å²) in [5, 5.41) is 0. The molecule has 8 heavy (non-hydrogen) atoms. The number of aromatic amines is 1. The highest BCUT2D eigenvalue weighted by Gasteiger charge is 1.83. The molecule has 0 radical (unpaired) electrons. The minimum atomic E-state index is 0.431. The van der Waals surface area contributed by atoms with Crippen LogP contribution in [0.5, 0.6) is 0 Å². The fourth-order valence-electron chi connectivity index (χ4n) is 0.414. The Balaban J connectivity index is 3.30. The normalized spacial score (nSPS) is 9.00. The van der Waals surface area contributed by atoms with Crippen molar-refractivity contribution in [3.8, 4) is 0 Å². The average Bonchev–Trinajstić information content (AvgIpc) is 2.14. The highest BCUT2D eigenvalue weighted by atomic mass is 32.1. The van der Waals surface area contributed by atoms with E-state index < -0.39 is 0 Å². The Hall–Kier alpha value is -0.900. The molecule has 0 atom stereocenters. The summed E-state index contributed by atoms with van der Waals surface area (Å²) in [6.45, 7) is 0. The molecule has 0 aliphatic carbocycles. The lowest BCUT2D eigenvalue weighted by atomic mass is 10.9. The van der Waals surface area contributed by atoms with Gasteiger partial charge in [0.25, 0.3) is 0 Å². The summed E-state index contributed by atoms with van der Waals surface area (Å²) in [6.07, 6.45) is 3.82. The van der Waals surface area contributed by atoms with Gasteiger partial charge in [-0.2, -0.15) is 0 Å². The molecule has 1 N–H and O–H groups in total. The highest BCUT2D eigenvalue weighted by Crippen LogP contribution is 1.82. The molecule has 1 aromatic heterocycles. The number of H-pyrrole nitrogens is 1. The molecule has 3 nitrogen and oxygen atoms in total. The fraction of sp³-hybridized carbons (Fsp3) is 0. The molecule has 1 heterocycles. The van der Waals surface area contributed by atoms with Gasteiger partial charge in [0, 0.05) is 12.4 Å². The maximum Gasteiger partial charge on any atom is 0.220 e. The monoisotopic (exact) mass is 128 g/mol. The summed E-state index contributed by atoms with van der Waals surface area (Å²) < 4.78 is 1.72. The van der Waals surface area contributed by atoms with E-state index in [1.165, 1.54) is 4.57 Å². The second kappa shape index (κ2) is 1.92. The standard InChI is InChI=1S/C4H4N2OS/c7-3-6-2-1-5-4(6)8/h1-3H,(H,5,8). The van der Waals surface area contributed by atoms with Gasteiger partial charge in [-0.3, -0.25) is 9.36 Å². The third-order valence-electron chi connectivity index (χ3n) is 0.790. The molecule has 0 bridgehead atoms. The summed E-state index contributed by atoms with van der Waals surface area (Å²) >= 11 is 4.66. The molecule has 0 amide bonds. The van der Waals surface area contributed by atoms with Crippen molar-refractivity contribution in [2.75, 3.05) is 0 Å². The molecule has 0 fully saturated rings. The SMILES string of the molecule is O=Cn1cc[nH]c1=S. The van der Waals surface area contributed by atoms with Gasteiger partial charge in [-0.25, -0.2) is 0 Å². The summed E-state index contributed by atoms with van der Waals surface area (Å²) in [5.74, 6) is 0. The van der Waals surface area contributed by atoms with E-state index in [-0.39, 0.29) is 0 Å². The minimum absolute atomic E-state index is 0.431. The first-order valence-electron chi connectivity index (χ1n) is 2.05. The molecule has 0 saturated carbocycles. The van der Waals surface area contributed by atoms with Crippen LogP contribution in [0.1, 0.15) is 0 Å². The highest BCUT2D eigenvalue weighted by molar-refractivity contribution is 7.71. The Morgan fingerprint density at radius 1 is 1.88 bits per heavy atom. The van der Waals surface area contributed by atoms with Crippen molar-refractivity contribution in [1.82, 2.24) is 9.55 Å². The molecule has 1 rings (SSSR count). The van der Waals surface area contributed by atoms with Crippen LogP contribution in [0.15, 0.2) is 12.4 Å². The van der Waals surface area contributed by atoms with Gasteiger partial charge in [0.1, 0.15) is 0 Å². The van der Waals surface area contributed by atoms with Crippen molar-refractivity contribution in [3.63, 3.8) is 0 Å². The van der Waals surface area contributed by atoms with E-state index in [9.17, 15) is 4.79 Å². The van der Waals surface area contributed by atoms with Crippen LogP contribution in [0.3, 0.4) is 0 Å². The summed E-state index contributed by atoms with van der Waals surface area (Å²) in [5.41, 5.74) is 0. The third-order valence-corrected chi connectivity index (χ3v) is 1.12. The molecule has 42 valence electrons. The number of nitrogens with one attached hydrogen (secondary N) is 1. The first kappa shape index (κ1) is 5.24. The Bertz CT molecular complexity index is 236. The van der Waals surface area contributed by atoms with E-state index in [0.717, 1.165) is 0 Å². The topological polar surface area (TPSA) is 37.8 Å². The zero-order valence-corrected chi connectivity index (χ0v) is 4.81. The second-order valence-electron chi connectivity index (χ2n) is 1.28. The van der Waals surface area contributed by atoms with Gasteiger partial charge in [0.2, 0.25) is 6.41 Å². The zero-order valence-electron chi connectivity index (χ0n) is 4.00. The van der Waals surface area contributed by atoms with Gasteiger partial charge in [0.15, 0.2) is 4.77 Å². The third kappa shape index (κ3) is 0.696. The van der Waals surface area contributed by atoms with Crippen molar-refractivity contribution in [3.05, 3.63) is 17.2 Å². The number of hydrogen-bond acceptors (Lipinski definition) is 2. The second-order valence-corrected chi connectivity index (χ2v) is 1.66. The number of aromatic nitrogens is 2. The van der Waals surface area contributed by atoms with E-state index in [4.69, 9.17) is 0 Å². The first-order chi connectivity index (χ1) is 3.84. The van der Waals surface area contributed by atoms with Crippen LogP contribution < -0.4 is 0 Å². The van der Waals surface area contributed by atoms with Crippen molar-refractivity contribution in [2.24, 2.45) is 0 Å². The number of carbonyl (C=O) groups is 1. The van der Waals surface area contributed by atoms with Crippen LogP contribution in [0.25, 0.3) is 0 Å². The number of carbonyl (C=O) groups excluding carboxylic acids is 1. The van der Waals surface area contributed by atoms with Gasteiger partial charge in [-0.1, -0.05) is 0 Å². The van der Waals surface area contributed by atoms with Gasteiger partial charge < -0.3 is 4.98 Å². The molecule has 0 saturated heterocycles. The lowest BCUT2D eigenvalue weighted by molar-refractivity contribution is 0.546. The largest absolute Gasteiger partial charge is 0.337 e. The quantitative estimate of drug-likeness (QED) is 0.444. The molecule has 0 aliphatic heterocycles. The molecular weight excluding hydrogens is 124 g/mol. The number of rotatable bonds is 1. The number of nitrogens with zero attached hydrogens (tertiary/aromatic N) is 1. The van der Waals surface area contributed by atoms with Crippen LogP contribution in [-0.4, -0.2) is 16.0 Å². The van der Waals surface area contributed by atoms with Gasteiger partial charge in [0.05, 0.1) is 0 Å². The Morgan fingerprint density at radius 2 is 2.62 bits per heavy atom. The van der Waals surface area contributed by atoms with Crippen molar-refractivity contribution < 1.29 is 4.79 Å². The summed E-state index contributed by atoms with van der Waals surface area (Å²) in [7, 11) is 0. The minimum Gasteiger partial charge on any atom is -0.337 e. The molecule has 1 aromatic rings. The van der Waals surface area contributed by atoms with Crippen LogP contribution in [-0.2, 0) is 4.79 Å². The molecule has 0 aliphatic rings. The molecular formula is C4H4N2OS. The average molecular weight is 128 g/mol. The molecule has 4 heteroatoms. The van der Waals surface area contributed by atoms with Crippen molar-refractivity contribution >= 4 is 18.6 Å². The Morgan fingerprint density at radius 3 is 2.88 bits per heavy atom. The summed E-state index contributed by atoms with van der Waals surface area (Å²) in [4.78, 5) is 12.6. The lowest BCUT2D eigenvalue weighted by Gasteiger charge is -1.78. The predicted octanol–water partition coefficient (Wildman–Crippen LogP) is 0.584. The van der Waals surface area contributed by atoms with E-state index in [2.05, 4.69) is 17.2 Å². The first-order valence-corrected chi connectivity index (χ1v) is 2.46. The van der Waals surface area contributed by atoms with Crippen molar-refractivity contribution in [2.45, 2.75) is 0 Å². The van der Waals surface area contributed by atoms with Gasteiger partial charge in [-0.05, 0) is 12.2 Å². The van der Waals surface area contributed by atoms with E-state index >= 15 is 0 Å². The van der Waals surface area contributed by atoms with Crippen LogP contribution in [0.2, 0.25) is 0 Å². The van der Waals surface area contributed by atoms with Crippen LogP contribution in [0, 0.1) is 4.77 Å². The Kier molecular flexibility index (Phi) is 1.26. The van der Waals surface area contributed by atoms with Gasteiger partial charge in [-0.15, -0.1) is 0 Å². The fourth-order valence-corrected chi connectivity index (χ4v) is 0.586. The maximum atomic E-state index is 9.96. The van der Waals surface area contributed by atoms with Gasteiger partial charge >= 0.3 is 0 Å². The zero-order chi connectivity index (χ0) is 5.98. The van der Waals surface area contributed by atoms with Crippen molar-refractivity contribution in [1.29, 1.82) is 0 Å². The van der Waals surface area contributed by atoms with E-state index in [0.29, 0.717) is 11.2 Å². The van der Waals surface area contributed by atoms with Crippen LogP contribution in [0.4, 0.5) is 0 Å². The molecule has 0 spiro atoms. The predicted molar refractivity (Wildman–Crippen MR) is 31.8 cm³/mol. The Labute approximate surface area is 51.0 Å². The summed E-state index contributed by atoms with van der Waals surface area (Å²) in [6, 6.07) is 0. The molecule has 0 unspecified atom stereocenters. The number of imidazole rings is 1. The smallest absolute Gasteiger partial charge is 0.220 e. The van der Waals surface area contributed by atoms with E-state index in [1.807, 2.05) is 0 Å². The number of hydrogen-bond donors (Lipinski definition) is 1. The van der Waals surface area contributed by atoms with E-state index in [1.54, 1.807) is 12.4 Å². The molecule has 0 aromatic carbocycles. The maximum absolute atomic E-state index is 9.96. The lowest BCUT2D eigenvalue weighted by Crippen LogP contribution is -1.89. The van der Waals surface area contributed by atoms with Crippen LogP contribution >= 0.6 is 12.2 Å².